The van der Waals surface area contributed by atoms with Gasteiger partial charge < -0.3 is 9.88 Å². The van der Waals surface area contributed by atoms with E-state index < -0.39 is 0 Å². The van der Waals surface area contributed by atoms with Gasteiger partial charge in [0.1, 0.15) is 5.82 Å². The molecule has 0 spiro atoms. The SMILES string of the molecule is CCCNC1CCCC(n2ccnc2CC)C1. The number of aryl methyl sites for hydroxylation is 1. The van der Waals surface area contributed by atoms with Crippen LogP contribution in [0.15, 0.2) is 12.4 Å². The Kier molecular flexibility index (Phi) is 4.60. The minimum absolute atomic E-state index is 0.663. The van der Waals surface area contributed by atoms with E-state index in [2.05, 4.69) is 34.9 Å². The van der Waals surface area contributed by atoms with Crippen LogP contribution in [-0.2, 0) is 6.42 Å². The van der Waals surface area contributed by atoms with E-state index in [1.54, 1.807) is 0 Å². The van der Waals surface area contributed by atoms with Crippen LogP contribution in [0.5, 0.6) is 0 Å². The fraction of sp³-hybridized carbons (Fsp3) is 0.786. The zero-order valence-corrected chi connectivity index (χ0v) is 11.2. The molecule has 2 unspecified atom stereocenters. The van der Waals surface area contributed by atoms with Crippen LogP contribution in [0.2, 0.25) is 0 Å². The molecule has 1 fully saturated rings. The van der Waals surface area contributed by atoms with Gasteiger partial charge in [-0.15, -0.1) is 0 Å². The van der Waals surface area contributed by atoms with Crippen LogP contribution in [0.25, 0.3) is 0 Å². The third-order valence-electron chi connectivity index (χ3n) is 3.79. The third kappa shape index (κ3) is 3.09. The summed E-state index contributed by atoms with van der Waals surface area (Å²) < 4.78 is 2.40. The highest BCUT2D eigenvalue weighted by Crippen LogP contribution is 2.29. The third-order valence-corrected chi connectivity index (χ3v) is 3.79. The second-order valence-electron chi connectivity index (χ2n) is 5.08. The molecule has 2 atom stereocenters. The van der Waals surface area contributed by atoms with E-state index in [0.29, 0.717) is 12.1 Å². The van der Waals surface area contributed by atoms with Crippen molar-refractivity contribution < 1.29 is 0 Å². The molecule has 0 bridgehead atoms. The molecule has 2 rings (SSSR count). The summed E-state index contributed by atoms with van der Waals surface area (Å²) in [5.41, 5.74) is 0. The van der Waals surface area contributed by atoms with E-state index in [4.69, 9.17) is 0 Å². The smallest absolute Gasteiger partial charge is 0.108 e. The monoisotopic (exact) mass is 235 g/mol. The minimum atomic E-state index is 0.663. The van der Waals surface area contributed by atoms with Crippen LogP contribution in [0.4, 0.5) is 0 Å². The maximum atomic E-state index is 4.44. The summed E-state index contributed by atoms with van der Waals surface area (Å²) in [5.74, 6) is 1.24. The van der Waals surface area contributed by atoms with Gasteiger partial charge in [0.2, 0.25) is 0 Å². The Morgan fingerprint density at radius 1 is 1.41 bits per heavy atom. The zero-order valence-electron chi connectivity index (χ0n) is 11.2. The lowest BCUT2D eigenvalue weighted by atomic mass is 9.90. The molecule has 0 aliphatic heterocycles. The summed E-state index contributed by atoms with van der Waals surface area (Å²) in [6.07, 6.45) is 11.6. The van der Waals surface area contributed by atoms with E-state index in [9.17, 15) is 0 Å². The molecule has 1 aliphatic rings. The molecule has 1 aromatic heterocycles. The Balaban J connectivity index is 1.97. The van der Waals surface area contributed by atoms with Gasteiger partial charge in [0.05, 0.1) is 0 Å². The summed E-state index contributed by atoms with van der Waals surface area (Å²) in [5, 5.41) is 3.67. The lowest BCUT2D eigenvalue weighted by Gasteiger charge is -2.31. The average Bonchev–Trinajstić information content (AvgIpc) is 2.85. The predicted octanol–water partition coefficient (Wildman–Crippen LogP) is 2.93. The van der Waals surface area contributed by atoms with Crippen LogP contribution in [0, 0.1) is 0 Å². The number of nitrogens with one attached hydrogen (secondary N) is 1. The number of hydrogen-bond acceptors (Lipinski definition) is 2. The van der Waals surface area contributed by atoms with Gasteiger partial charge in [-0.05, 0) is 38.6 Å². The van der Waals surface area contributed by atoms with Gasteiger partial charge in [-0.25, -0.2) is 4.98 Å². The lowest BCUT2D eigenvalue weighted by Crippen LogP contribution is -2.35. The summed E-state index contributed by atoms with van der Waals surface area (Å²) in [6.45, 7) is 5.58. The molecule has 96 valence electrons. The van der Waals surface area contributed by atoms with Crippen molar-refractivity contribution in [3.05, 3.63) is 18.2 Å². The second-order valence-corrected chi connectivity index (χ2v) is 5.08. The Morgan fingerprint density at radius 3 is 3.06 bits per heavy atom. The number of nitrogens with zero attached hydrogens (tertiary/aromatic N) is 2. The summed E-state index contributed by atoms with van der Waals surface area (Å²) in [6, 6.07) is 1.37. The van der Waals surface area contributed by atoms with Crippen molar-refractivity contribution in [1.29, 1.82) is 0 Å². The van der Waals surface area contributed by atoms with Crippen LogP contribution in [0.3, 0.4) is 0 Å². The Bertz CT molecular complexity index is 332. The highest BCUT2D eigenvalue weighted by molar-refractivity contribution is 4.97. The summed E-state index contributed by atoms with van der Waals surface area (Å²) >= 11 is 0. The van der Waals surface area contributed by atoms with Gasteiger partial charge >= 0.3 is 0 Å². The highest BCUT2D eigenvalue weighted by atomic mass is 15.1. The summed E-state index contributed by atoms with van der Waals surface area (Å²) in [4.78, 5) is 4.44. The molecule has 1 heterocycles. The van der Waals surface area contributed by atoms with E-state index in [0.717, 1.165) is 13.0 Å². The van der Waals surface area contributed by atoms with E-state index >= 15 is 0 Å². The maximum Gasteiger partial charge on any atom is 0.108 e. The Morgan fingerprint density at radius 2 is 2.29 bits per heavy atom. The highest BCUT2D eigenvalue weighted by Gasteiger charge is 2.23. The average molecular weight is 235 g/mol. The Labute approximate surface area is 105 Å². The zero-order chi connectivity index (χ0) is 12.1. The van der Waals surface area contributed by atoms with Gasteiger partial charge in [0.25, 0.3) is 0 Å². The molecule has 17 heavy (non-hydrogen) atoms. The first-order chi connectivity index (χ1) is 8.35. The molecule has 0 amide bonds. The van der Waals surface area contributed by atoms with Gasteiger partial charge in [-0.1, -0.05) is 13.8 Å². The molecule has 1 aromatic rings. The van der Waals surface area contributed by atoms with Crippen LogP contribution in [0.1, 0.15) is 57.8 Å². The first kappa shape index (κ1) is 12.6. The number of hydrogen-bond donors (Lipinski definition) is 1. The molecule has 0 aromatic carbocycles. The maximum absolute atomic E-state index is 4.44. The van der Waals surface area contributed by atoms with Crippen molar-refractivity contribution >= 4 is 0 Å². The molecule has 0 saturated heterocycles. The van der Waals surface area contributed by atoms with Crippen molar-refractivity contribution in [3.63, 3.8) is 0 Å². The predicted molar refractivity (Wildman–Crippen MR) is 71.2 cm³/mol. The molecule has 1 aliphatic carbocycles. The first-order valence-corrected chi connectivity index (χ1v) is 7.10. The van der Waals surface area contributed by atoms with E-state index in [-0.39, 0.29) is 0 Å². The standard InChI is InChI=1S/C14H25N3/c1-3-8-15-12-6-5-7-13(11-12)17-10-9-16-14(17)4-2/h9-10,12-13,15H,3-8,11H2,1-2H3. The molecule has 1 N–H and O–H groups in total. The van der Waals surface area contributed by atoms with Gasteiger partial charge in [-0.3, -0.25) is 0 Å². The number of imidazole rings is 1. The first-order valence-electron chi connectivity index (χ1n) is 7.10. The van der Waals surface area contributed by atoms with E-state index in [1.165, 1.54) is 37.9 Å². The topological polar surface area (TPSA) is 29.9 Å². The Hall–Kier alpha value is -0.830. The molecule has 3 nitrogen and oxygen atoms in total. The lowest BCUT2D eigenvalue weighted by molar-refractivity contribution is 0.281. The van der Waals surface area contributed by atoms with Crippen molar-refractivity contribution in [2.45, 2.75) is 64.5 Å². The number of aromatic nitrogens is 2. The van der Waals surface area contributed by atoms with Crippen molar-refractivity contribution in [2.24, 2.45) is 0 Å². The normalized spacial score (nSPS) is 25.1. The van der Waals surface area contributed by atoms with E-state index in [1.807, 2.05) is 6.20 Å². The molecular formula is C14H25N3. The largest absolute Gasteiger partial charge is 0.332 e. The van der Waals surface area contributed by atoms with Crippen LogP contribution in [-0.4, -0.2) is 22.1 Å². The minimum Gasteiger partial charge on any atom is -0.332 e. The molecule has 0 radical (unpaired) electrons. The molecular weight excluding hydrogens is 210 g/mol. The quantitative estimate of drug-likeness (QED) is 0.850. The van der Waals surface area contributed by atoms with Gasteiger partial charge in [0.15, 0.2) is 0 Å². The second kappa shape index (κ2) is 6.20. The molecule has 3 heteroatoms. The van der Waals surface area contributed by atoms with Crippen molar-refractivity contribution in [1.82, 2.24) is 14.9 Å². The van der Waals surface area contributed by atoms with Crippen LogP contribution < -0.4 is 5.32 Å². The van der Waals surface area contributed by atoms with Crippen molar-refractivity contribution in [2.75, 3.05) is 6.54 Å². The van der Waals surface area contributed by atoms with Gasteiger partial charge in [-0.2, -0.15) is 0 Å². The summed E-state index contributed by atoms with van der Waals surface area (Å²) in [7, 11) is 0. The van der Waals surface area contributed by atoms with Crippen LogP contribution >= 0.6 is 0 Å². The fourth-order valence-electron chi connectivity index (χ4n) is 2.90. The van der Waals surface area contributed by atoms with Gasteiger partial charge in [0, 0.05) is 30.9 Å². The van der Waals surface area contributed by atoms with Crippen molar-refractivity contribution in [3.8, 4) is 0 Å². The fourth-order valence-corrected chi connectivity index (χ4v) is 2.90. The number of rotatable bonds is 5. The molecule has 1 saturated carbocycles.